The van der Waals surface area contributed by atoms with Gasteiger partial charge >= 0.3 is 5.97 Å². The molecule has 0 fully saturated rings. The van der Waals surface area contributed by atoms with E-state index in [1.165, 1.54) is 32.2 Å². The average molecular weight is 289 g/mol. The number of benzene rings is 2. The molecule has 2 aromatic rings. The van der Waals surface area contributed by atoms with Crippen molar-refractivity contribution in [1.82, 2.24) is 0 Å². The van der Waals surface area contributed by atoms with Crippen LogP contribution >= 0.6 is 0 Å². The van der Waals surface area contributed by atoms with Gasteiger partial charge in [-0.1, -0.05) is 24.3 Å². The summed E-state index contributed by atoms with van der Waals surface area (Å²) in [6.07, 6.45) is 0. The van der Waals surface area contributed by atoms with Crippen molar-refractivity contribution >= 4 is 11.7 Å². The number of hydrogen-bond acceptors (Lipinski definition) is 3. The Morgan fingerprint density at radius 1 is 1.24 bits per heavy atom. The number of hydrogen-bond donors (Lipinski definition) is 2. The van der Waals surface area contributed by atoms with Crippen LogP contribution in [0.2, 0.25) is 0 Å². The highest BCUT2D eigenvalue weighted by Gasteiger charge is 2.37. The van der Waals surface area contributed by atoms with Gasteiger partial charge in [0.1, 0.15) is 11.6 Å². The van der Waals surface area contributed by atoms with Gasteiger partial charge in [-0.25, -0.2) is 9.18 Å². The molecule has 2 rings (SSSR count). The molecular weight excluding hydrogens is 273 g/mol. The number of aliphatic carboxylic acids is 1. The molecule has 0 amide bonds. The Morgan fingerprint density at radius 2 is 1.95 bits per heavy atom. The van der Waals surface area contributed by atoms with Crippen LogP contribution in [0.1, 0.15) is 12.5 Å². The zero-order valence-corrected chi connectivity index (χ0v) is 11.8. The molecule has 0 aliphatic carbocycles. The third-order valence-electron chi connectivity index (χ3n) is 3.30. The number of ether oxygens (including phenoxy) is 1. The van der Waals surface area contributed by atoms with E-state index in [-0.39, 0.29) is 5.56 Å². The second-order valence-electron chi connectivity index (χ2n) is 4.77. The third kappa shape index (κ3) is 2.97. The Bertz CT molecular complexity index is 659. The molecule has 1 unspecified atom stereocenters. The van der Waals surface area contributed by atoms with E-state index in [0.717, 1.165) is 0 Å². The lowest BCUT2D eigenvalue weighted by molar-refractivity contribution is -0.142. The Kier molecular flexibility index (Phi) is 4.12. The quantitative estimate of drug-likeness (QED) is 0.887. The third-order valence-corrected chi connectivity index (χ3v) is 3.30. The number of carboxylic acids is 1. The second kappa shape index (κ2) is 5.83. The summed E-state index contributed by atoms with van der Waals surface area (Å²) in [7, 11) is 1.52. The van der Waals surface area contributed by atoms with E-state index in [4.69, 9.17) is 4.74 Å². The summed E-state index contributed by atoms with van der Waals surface area (Å²) in [6.45, 7) is 1.42. The SMILES string of the molecule is COc1cccc(NC(C)(C(=O)O)c2ccccc2F)c1. The van der Waals surface area contributed by atoms with Crippen LogP contribution in [0.15, 0.2) is 48.5 Å². The van der Waals surface area contributed by atoms with Crippen LogP contribution in [0.3, 0.4) is 0 Å². The predicted octanol–water partition coefficient (Wildman–Crippen LogP) is 3.25. The Labute approximate surface area is 122 Å². The maximum absolute atomic E-state index is 14.0. The van der Waals surface area contributed by atoms with Gasteiger partial charge in [-0.2, -0.15) is 0 Å². The predicted molar refractivity (Wildman–Crippen MR) is 78.0 cm³/mol. The average Bonchev–Trinajstić information content (AvgIpc) is 2.47. The molecule has 0 saturated heterocycles. The minimum atomic E-state index is -1.59. The molecule has 2 aromatic carbocycles. The van der Waals surface area contributed by atoms with E-state index in [0.29, 0.717) is 11.4 Å². The molecule has 0 bridgehead atoms. The van der Waals surface area contributed by atoms with Gasteiger partial charge < -0.3 is 15.2 Å². The summed E-state index contributed by atoms with van der Waals surface area (Å²) in [5.74, 6) is -1.16. The molecule has 0 heterocycles. The van der Waals surface area contributed by atoms with Gasteiger partial charge in [-0.3, -0.25) is 0 Å². The molecule has 0 radical (unpaired) electrons. The Hall–Kier alpha value is -2.56. The minimum absolute atomic E-state index is 0.0697. The Balaban J connectivity index is 2.44. The van der Waals surface area contributed by atoms with Crippen LogP contribution < -0.4 is 10.1 Å². The van der Waals surface area contributed by atoms with Crippen LogP contribution in [0, 0.1) is 5.82 Å². The van der Waals surface area contributed by atoms with E-state index >= 15 is 0 Å². The summed E-state index contributed by atoms with van der Waals surface area (Å²) >= 11 is 0. The van der Waals surface area contributed by atoms with Crippen LogP contribution in [0.5, 0.6) is 5.75 Å². The number of rotatable bonds is 5. The number of halogens is 1. The number of carbonyl (C=O) groups is 1. The van der Waals surface area contributed by atoms with Crippen molar-refractivity contribution in [3.8, 4) is 5.75 Å². The van der Waals surface area contributed by atoms with Gasteiger partial charge in [0, 0.05) is 17.3 Å². The molecule has 0 aliphatic rings. The molecule has 0 aliphatic heterocycles. The molecule has 2 N–H and O–H groups in total. The van der Waals surface area contributed by atoms with Crippen molar-refractivity contribution in [2.75, 3.05) is 12.4 Å². The molecule has 0 spiro atoms. The van der Waals surface area contributed by atoms with Gasteiger partial charge in [0.15, 0.2) is 5.54 Å². The highest BCUT2D eigenvalue weighted by atomic mass is 19.1. The minimum Gasteiger partial charge on any atom is -0.497 e. The fraction of sp³-hybridized carbons (Fsp3) is 0.188. The van der Waals surface area contributed by atoms with Crippen LogP contribution in [-0.4, -0.2) is 18.2 Å². The fourth-order valence-electron chi connectivity index (χ4n) is 2.09. The standard InChI is InChI=1S/C16H16FNO3/c1-16(15(19)20,13-8-3-4-9-14(13)17)18-11-6-5-7-12(10-11)21-2/h3-10,18H,1-2H3,(H,19,20). The summed E-state index contributed by atoms with van der Waals surface area (Å²) < 4.78 is 19.1. The maximum Gasteiger partial charge on any atom is 0.333 e. The first kappa shape index (κ1) is 14.8. The van der Waals surface area contributed by atoms with Crippen LogP contribution in [0.4, 0.5) is 10.1 Å². The summed E-state index contributed by atoms with van der Waals surface area (Å²) in [5.41, 5.74) is -0.986. The topological polar surface area (TPSA) is 58.6 Å². The maximum atomic E-state index is 14.0. The first-order valence-corrected chi connectivity index (χ1v) is 6.38. The zero-order valence-electron chi connectivity index (χ0n) is 11.8. The largest absolute Gasteiger partial charge is 0.497 e. The van der Waals surface area contributed by atoms with E-state index in [9.17, 15) is 14.3 Å². The van der Waals surface area contributed by atoms with Gasteiger partial charge in [0.25, 0.3) is 0 Å². The van der Waals surface area contributed by atoms with Crippen LogP contribution in [-0.2, 0) is 10.3 Å². The van der Waals surface area contributed by atoms with Gasteiger partial charge in [-0.15, -0.1) is 0 Å². The second-order valence-corrected chi connectivity index (χ2v) is 4.77. The van der Waals surface area contributed by atoms with E-state index in [1.807, 2.05) is 0 Å². The molecular formula is C16H16FNO3. The molecule has 110 valence electrons. The monoisotopic (exact) mass is 289 g/mol. The first-order chi connectivity index (χ1) is 9.97. The van der Waals surface area contributed by atoms with Crippen molar-refractivity contribution in [2.45, 2.75) is 12.5 Å². The van der Waals surface area contributed by atoms with E-state index < -0.39 is 17.3 Å². The van der Waals surface area contributed by atoms with Gasteiger partial charge in [-0.05, 0) is 25.1 Å². The van der Waals surface area contributed by atoms with Crippen molar-refractivity contribution in [3.63, 3.8) is 0 Å². The van der Waals surface area contributed by atoms with Crippen molar-refractivity contribution in [1.29, 1.82) is 0 Å². The number of anilines is 1. The lowest BCUT2D eigenvalue weighted by atomic mass is 9.91. The highest BCUT2D eigenvalue weighted by Crippen LogP contribution is 2.29. The molecule has 21 heavy (non-hydrogen) atoms. The van der Waals surface area contributed by atoms with Crippen molar-refractivity contribution in [2.24, 2.45) is 0 Å². The lowest BCUT2D eigenvalue weighted by Gasteiger charge is -2.28. The smallest absolute Gasteiger partial charge is 0.333 e. The highest BCUT2D eigenvalue weighted by molar-refractivity contribution is 5.84. The number of nitrogens with one attached hydrogen (secondary N) is 1. The molecule has 0 aromatic heterocycles. The van der Waals surface area contributed by atoms with Gasteiger partial charge in [0.05, 0.1) is 7.11 Å². The Morgan fingerprint density at radius 3 is 2.57 bits per heavy atom. The van der Waals surface area contributed by atoms with Crippen LogP contribution in [0.25, 0.3) is 0 Å². The van der Waals surface area contributed by atoms with Crippen molar-refractivity contribution in [3.05, 3.63) is 59.9 Å². The first-order valence-electron chi connectivity index (χ1n) is 6.38. The lowest BCUT2D eigenvalue weighted by Crippen LogP contribution is -2.41. The van der Waals surface area contributed by atoms with Crippen molar-refractivity contribution < 1.29 is 19.0 Å². The molecule has 0 saturated carbocycles. The normalized spacial score (nSPS) is 13.3. The summed E-state index contributed by atoms with van der Waals surface area (Å²) in [5, 5.41) is 12.4. The summed E-state index contributed by atoms with van der Waals surface area (Å²) in [4.78, 5) is 11.7. The van der Waals surface area contributed by atoms with Gasteiger partial charge in [0.2, 0.25) is 0 Å². The molecule has 1 atom stereocenters. The van der Waals surface area contributed by atoms with E-state index in [2.05, 4.69) is 5.32 Å². The zero-order chi connectivity index (χ0) is 15.5. The van der Waals surface area contributed by atoms with E-state index in [1.54, 1.807) is 30.3 Å². The summed E-state index contributed by atoms with van der Waals surface area (Å²) in [6, 6.07) is 12.6. The molecule has 4 nitrogen and oxygen atoms in total. The number of carboxylic acid groups (broad SMARTS) is 1. The fourth-order valence-corrected chi connectivity index (χ4v) is 2.09. The number of methoxy groups -OCH3 is 1. The molecule has 5 heteroatoms.